The van der Waals surface area contributed by atoms with Gasteiger partial charge in [-0.3, -0.25) is 0 Å². The number of rotatable bonds is 3. The van der Waals surface area contributed by atoms with Crippen molar-refractivity contribution >= 4 is 0 Å². The SMILES string of the molecule is NC(/C1=C/CCCCCC1)c1ccc(OC(F)(F)F)cc1. The molecule has 1 aromatic rings. The van der Waals surface area contributed by atoms with Gasteiger partial charge in [0.1, 0.15) is 5.75 Å². The Morgan fingerprint density at radius 1 is 1.00 bits per heavy atom. The molecule has 0 saturated heterocycles. The van der Waals surface area contributed by atoms with Gasteiger partial charge in [-0.1, -0.05) is 36.6 Å². The van der Waals surface area contributed by atoms with Gasteiger partial charge in [-0.15, -0.1) is 13.2 Å². The Hall–Kier alpha value is -1.49. The van der Waals surface area contributed by atoms with Gasteiger partial charge in [0, 0.05) is 0 Å². The molecular formula is C16H20F3NO. The van der Waals surface area contributed by atoms with E-state index in [1.54, 1.807) is 12.1 Å². The van der Waals surface area contributed by atoms with Crippen molar-refractivity contribution in [3.05, 3.63) is 41.5 Å². The van der Waals surface area contributed by atoms with Crippen LogP contribution in [0.25, 0.3) is 0 Å². The molecule has 0 heterocycles. The fourth-order valence-corrected chi connectivity index (χ4v) is 2.59. The molecule has 1 unspecified atom stereocenters. The van der Waals surface area contributed by atoms with Crippen molar-refractivity contribution in [3.8, 4) is 5.75 Å². The number of nitrogens with two attached hydrogens (primary N) is 1. The molecule has 2 N–H and O–H groups in total. The molecule has 0 radical (unpaired) electrons. The lowest BCUT2D eigenvalue weighted by Gasteiger charge is -2.19. The van der Waals surface area contributed by atoms with Crippen LogP contribution in [0.1, 0.15) is 50.1 Å². The van der Waals surface area contributed by atoms with E-state index in [9.17, 15) is 13.2 Å². The van der Waals surface area contributed by atoms with Crippen molar-refractivity contribution in [2.45, 2.75) is 50.9 Å². The highest BCUT2D eigenvalue weighted by Gasteiger charge is 2.31. The van der Waals surface area contributed by atoms with E-state index in [0.29, 0.717) is 0 Å². The van der Waals surface area contributed by atoms with Crippen LogP contribution in [0.5, 0.6) is 5.75 Å². The number of ether oxygens (including phenoxy) is 1. The average Bonchev–Trinajstić information content (AvgIpc) is 2.36. The third-order valence-electron chi connectivity index (χ3n) is 3.70. The minimum Gasteiger partial charge on any atom is -0.406 e. The molecule has 0 saturated carbocycles. The number of alkyl halides is 3. The maximum atomic E-state index is 12.1. The molecule has 1 aliphatic carbocycles. The third-order valence-corrected chi connectivity index (χ3v) is 3.70. The summed E-state index contributed by atoms with van der Waals surface area (Å²) in [6, 6.07) is 5.58. The smallest absolute Gasteiger partial charge is 0.406 e. The Labute approximate surface area is 122 Å². The number of halogens is 3. The Morgan fingerprint density at radius 3 is 2.33 bits per heavy atom. The van der Waals surface area contributed by atoms with E-state index in [1.807, 2.05) is 0 Å². The second-order valence-electron chi connectivity index (χ2n) is 5.33. The summed E-state index contributed by atoms with van der Waals surface area (Å²) in [7, 11) is 0. The molecule has 5 heteroatoms. The molecule has 0 amide bonds. The first kappa shape index (κ1) is 15.9. The van der Waals surface area contributed by atoms with E-state index in [4.69, 9.17) is 5.73 Å². The number of allylic oxidation sites excluding steroid dienone is 1. The standard InChI is InChI=1S/C16H20F3NO/c17-16(18,19)21-14-10-8-13(9-11-14)15(20)12-6-4-2-1-3-5-7-12/h6,8-11,15H,1-5,7,20H2/b12-6+. The zero-order valence-corrected chi connectivity index (χ0v) is 11.8. The summed E-state index contributed by atoms with van der Waals surface area (Å²) in [5.74, 6) is -0.218. The molecule has 1 aromatic carbocycles. The third kappa shape index (κ3) is 5.08. The van der Waals surface area contributed by atoms with Gasteiger partial charge in [-0.2, -0.15) is 0 Å². The van der Waals surface area contributed by atoms with Crippen molar-refractivity contribution in [3.63, 3.8) is 0 Å². The van der Waals surface area contributed by atoms with Gasteiger partial charge in [0.2, 0.25) is 0 Å². The average molecular weight is 299 g/mol. The molecule has 0 bridgehead atoms. The van der Waals surface area contributed by atoms with Crippen LogP contribution in [-0.2, 0) is 0 Å². The summed E-state index contributed by atoms with van der Waals surface area (Å²) in [5, 5.41) is 0. The van der Waals surface area contributed by atoms with Crippen LogP contribution >= 0.6 is 0 Å². The molecule has 0 aromatic heterocycles. The molecule has 0 fully saturated rings. The topological polar surface area (TPSA) is 35.2 Å². The van der Waals surface area contributed by atoms with E-state index in [2.05, 4.69) is 10.8 Å². The normalized spacial score (nSPS) is 20.9. The Bertz CT molecular complexity index is 479. The largest absolute Gasteiger partial charge is 0.573 e. The van der Waals surface area contributed by atoms with E-state index >= 15 is 0 Å². The monoisotopic (exact) mass is 299 g/mol. The second kappa shape index (κ2) is 6.98. The zero-order valence-electron chi connectivity index (χ0n) is 11.8. The Morgan fingerprint density at radius 2 is 1.67 bits per heavy atom. The zero-order chi connectivity index (χ0) is 15.3. The molecule has 2 nitrogen and oxygen atoms in total. The van der Waals surface area contributed by atoms with Crippen LogP contribution in [-0.4, -0.2) is 6.36 Å². The summed E-state index contributed by atoms with van der Waals surface area (Å²) >= 11 is 0. The minimum absolute atomic E-state index is 0.218. The van der Waals surface area contributed by atoms with Gasteiger partial charge in [0.25, 0.3) is 0 Å². The summed E-state index contributed by atoms with van der Waals surface area (Å²) in [6.07, 6.45) is 4.27. The lowest BCUT2D eigenvalue weighted by atomic mass is 9.91. The second-order valence-corrected chi connectivity index (χ2v) is 5.33. The minimum atomic E-state index is -4.66. The van der Waals surface area contributed by atoms with E-state index < -0.39 is 6.36 Å². The first-order valence-electron chi connectivity index (χ1n) is 7.26. The molecule has 1 aliphatic rings. The number of hydrogen-bond donors (Lipinski definition) is 1. The van der Waals surface area contributed by atoms with Crippen molar-refractivity contribution in [2.24, 2.45) is 5.73 Å². The Kier molecular flexibility index (Phi) is 5.28. The van der Waals surface area contributed by atoms with Crippen LogP contribution in [0.2, 0.25) is 0 Å². The van der Waals surface area contributed by atoms with Crippen LogP contribution in [0.4, 0.5) is 13.2 Å². The predicted molar refractivity (Wildman–Crippen MR) is 75.8 cm³/mol. The Balaban J connectivity index is 2.06. The van der Waals surface area contributed by atoms with Crippen LogP contribution in [0.15, 0.2) is 35.9 Å². The summed E-state index contributed by atoms with van der Waals surface area (Å²) in [6.45, 7) is 0. The highest BCUT2D eigenvalue weighted by Crippen LogP contribution is 2.29. The fraction of sp³-hybridized carbons (Fsp3) is 0.500. The maximum Gasteiger partial charge on any atom is 0.573 e. The van der Waals surface area contributed by atoms with E-state index in [0.717, 1.165) is 24.8 Å². The molecule has 1 atom stereocenters. The van der Waals surface area contributed by atoms with Crippen molar-refractivity contribution in [1.82, 2.24) is 0 Å². The lowest BCUT2D eigenvalue weighted by molar-refractivity contribution is -0.274. The fourth-order valence-electron chi connectivity index (χ4n) is 2.59. The molecule has 21 heavy (non-hydrogen) atoms. The van der Waals surface area contributed by atoms with Gasteiger partial charge in [-0.25, -0.2) is 0 Å². The van der Waals surface area contributed by atoms with Gasteiger partial charge in [0.15, 0.2) is 0 Å². The van der Waals surface area contributed by atoms with Crippen LogP contribution < -0.4 is 10.5 Å². The van der Waals surface area contributed by atoms with Gasteiger partial charge in [0.05, 0.1) is 6.04 Å². The molecule has 0 aliphatic heterocycles. The molecule has 0 spiro atoms. The first-order chi connectivity index (χ1) is 9.96. The van der Waals surface area contributed by atoms with Crippen molar-refractivity contribution in [1.29, 1.82) is 0 Å². The number of benzene rings is 1. The van der Waals surface area contributed by atoms with Gasteiger partial charge >= 0.3 is 6.36 Å². The summed E-state index contributed by atoms with van der Waals surface area (Å²) < 4.78 is 40.2. The summed E-state index contributed by atoms with van der Waals surface area (Å²) in [4.78, 5) is 0. The van der Waals surface area contributed by atoms with E-state index in [-0.39, 0.29) is 11.8 Å². The summed E-state index contributed by atoms with van der Waals surface area (Å²) in [5.41, 5.74) is 8.23. The van der Waals surface area contributed by atoms with Crippen LogP contribution in [0.3, 0.4) is 0 Å². The van der Waals surface area contributed by atoms with Crippen molar-refractivity contribution in [2.75, 3.05) is 0 Å². The first-order valence-corrected chi connectivity index (χ1v) is 7.26. The number of hydrogen-bond acceptors (Lipinski definition) is 2. The highest BCUT2D eigenvalue weighted by molar-refractivity contribution is 5.33. The molecule has 2 rings (SSSR count). The maximum absolute atomic E-state index is 12.1. The highest BCUT2D eigenvalue weighted by atomic mass is 19.4. The van der Waals surface area contributed by atoms with Crippen LogP contribution in [0, 0.1) is 0 Å². The molecule has 116 valence electrons. The quantitative estimate of drug-likeness (QED) is 0.808. The lowest BCUT2D eigenvalue weighted by Crippen LogP contribution is -2.17. The molecular weight excluding hydrogens is 279 g/mol. The predicted octanol–water partition coefficient (Wildman–Crippen LogP) is 4.87. The van der Waals surface area contributed by atoms with Crippen molar-refractivity contribution < 1.29 is 17.9 Å². The van der Waals surface area contributed by atoms with E-state index in [1.165, 1.54) is 37.0 Å². The van der Waals surface area contributed by atoms with Gasteiger partial charge < -0.3 is 10.5 Å². The van der Waals surface area contributed by atoms with Gasteiger partial charge in [-0.05, 0) is 43.4 Å².